The number of rotatable bonds is 6. The Kier molecular flexibility index (Phi) is 5.76. The SMILES string of the molecule is C=CCN1C(=O)/C(=C/c2ccc(OC)c(OC)c2OC)C(=O)NC1=S. The van der Waals surface area contributed by atoms with E-state index in [0.29, 0.717) is 22.8 Å². The van der Waals surface area contributed by atoms with Gasteiger partial charge in [0.25, 0.3) is 11.8 Å². The predicted octanol–water partition coefficient (Wildman–Crippen LogP) is 1.53. The molecule has 1 aromatic carbocycles. The third-order valence-electron chi connectivity index (χ3n) is 3.53. The van der Waals surface area contributed by atoms with Gasteiger partial charge >= 0.3 is 0 Å². The summed E-state index contributed by atoms with van der Waals surface area (Å²) in [6, 6.07) is 3.32. The lowest BCUT2D eigenvalue weighted by Crippen LogP contribution is -2.53. The van der Waals surface area contributed by atoms with Crippen LogP contribution in [-0.4, -0.2) is 49.7 Å². The first-order valence-electron chi connectivity index (χ1n) is 7.27. The summed E-state index contributed by atoms with van der Waals surface area (Å²) in [4.78, 5) is 26.0. The summed E-state index contributed by atoms with van der Waals surface area (Å²) in [7, 11) is 4.43. The fourth-order valence-electron chi connectivity index (χ4n) is 2.38. The molecule has 25 heavy (non-hydrogen) atoms. The summed E-state index contributed by atoms with van der Waals surface area (Å²) in [5.74, 6) is 0.0906. The van der Waals surface area contributed by atoms with E-state index in [1.54, 1.807) is 12.1 Å². The number of carbonyl (C=O) groups is 2. The molecule has 1 N–H and O–H groups in total. The van der Waals surface area contributed by atoms with Crippen LogP contribution in [0.25, 0.3) is 6.08 Å². The van der Waals surface area contributed by atoms with Crippen LogP contribution in [0.1, 0.15) is 5.56 Å². The molecule has 0 aromatic heterocycles. The van der Waals surface area contributed by atoms with Crippen LogP contribution in [0.3, 0.4) is 0 Å². The Hall–Kier alpha value is -2.87. The van der Waals surface area contributed by atoms with Crippen LogP contribution in [0.4, 0.5) is 0 Å². The summed E-state index contributed by atoms with van der Waals surface area (Å²) >= 11 is 5.02. The number of ether oxygens (including phenoxy) is 3. The first-order chi connectivity index (χ1) is 12.0. The van der Waals surface area contributed by atoms with E-state index in [-0.39, 0.29) is 17.2 Å². The predicted molar refractivity (Wildman–Crippen MR) is 96.7 cm³/mol. The van der Waals surface area contributed by atoms with Gasteiger partial charge < -0.3 is 14.2 Å². The summed E-state index contributed by atoms with van der Waals surface area (Å²) in [6.07, 6.45) is 2.95. The monoisotopic (exact) mass is 362 g/mol. The molecular formula is C17H18N2O5S. The van der Waals surface area contributed by atoms with Crippen molar-refractivity contribution < 1.29 is 23.8 Å². The lowest BCUT2D eigenvalue weighted by molar-refractivity contribution is -0.128. The fourth-order valence-corrected chi connectivity index (χ4v) is 2.63. The van der Waals surface area contributed by atoms with Gasteiger partial charge in [-0.2, -0.15) is 0 Å². The molecular weight excluding hydrogens is 344 g/mol. The highest BCUT2D eigenvalue weighted by Gasteiger charge is 2.33. The van der Waals surface area contributed by atoms with Crippen LogP contribution >= 0.6 is 12.2 Å². The zero-order chi connectivity index (χ0) is 18.6. The fraction of sp³-hybridized carbons (Fsp3) is 0.235. The first kappa shape index (κ1) is 18.5. The molecule has 1 aliphatic heterocycles. The molecule has 2 amide bonds. The van der Waals surface area contributed by atoms with Crippen molar-refractivity contribution in [2.24, 2.45) is 0 Å². The summed E-state index contributed by atoms with van der Waals surface area (Å²) in [5.41, 5.74) is 0.422. The van der Waals surface area contributed by atoms with Gasteiger partial charge in [0.2, 0.25) is 5.75 Å². The lowest BCUT2D eigenvalue weighted by atomic mass is 10.1. The molecule has 7 nitrogen and oxygen atoms in total. The largest absolute Gasteiger partial charge is 0.493 e. The van der Waals surface area contributed by atoms with Gasteiger partial charge in [-0.25, -0.2) is 0 Å². The van der Waals surface area contributed by atoms with Crippen molar-refractivity contribution in [2.45, 2.75) is 0 Å². The number of nitrogens with zero attached hydrogens (tertiary/aromatic N) is 1. The van der Waals surface area contributed by atoms with Gasteiger partial charge in [-0.1, -0.05) is 6.08 Å². The smallest absolute Gasteiger partial charge is 0.265 e. The van der Waals surface area contributed by atoms with E-state index in [1.165, 1.54) is 38.4 Å². The first-order valence-corrected chi connectivity index (χ1v) is 7.68. The number of hydrogen-bond acceptors (Lipinski definition) is 6. The Bertz CT molecular complexity index is 773. The summed E-state index contributed by atoms with van der Waals surface area (Å²) in [5, 5.41) is 2.54. The minimum Gasteiger partial charge on any atom is -0.493 e. The van der Waals surface area contributed by atoms with Crippen LogP contribution < -0.4 is 19.5 Å². The quantitative estimate of drug-likeness (QED) is 0.358. The molecule has 132 valence electrons. The zero-order valence-electron chi connectivity index (χ0n) is 14.1. The van der Waals surface area contributed by atoms with Gasteiger partial charge in [-0.3, -0.25) is 19.8 Å². The van der Waals surface area contributed by atoms with Crippen molar-refractivity contribution in [3.8, 4) is 17.2 Å². The molecule has 1 heterocycles. The zero-order valence-corrected chi connectivity index (χ0v) is 14.9. The van der Waals surface area contributed by atoms with Gasteiger partial charge in [-0.05, 0) is 30.4 Å². The second-order valence-corrected chi connectivity index (χ2v) is 5.33. The van der Waals surface area contributed by atoms with Crippen molar-refractivity contribution in [2.75, 3.05) is 27.9 Å². The number of hydrogen-bond donors (Lipinski definition) is 1. The molecule has 1 aromatic rings. The second-order valence-electron chi connectivity index (χ2n) is 4.95. The van der Waals surface area contributed by atoms with Gasteiger partial charge in [0.15, 0.2) is 16.6 Å². The lowest BCUT2D eigenvalue weighted by Gasteiger charge is -2.28. The molecule has 1 saturated heterocycles. The molecule has 1 fully saturated rings. The van der Waals surface area contributed by atoms with E-state index in [1.807, 2.05) is 0 Å². The highest BCUT2D eigenvalue weighted by atomic mass is 32.1. The van der Waals surface area contributed by atoms with Crippen LogP contribution in [0.15, 0.2) is 30.4 Å². The van der Waals surface area contributed by atoms with Crippen molar-refractivity contribution in [3.05, 3.63) is 35.9 Å². The van der Waals surface area contributed by atoms with Gasteiger partial charge in [0.05, 0.1) is 21.3 Å². The normalized spacial score (nSPS) is 15.9. The van der Waals surface area contributed by atoms with Crippen molar-refractivity contribution in [3.63, 3.8) is 0 Å². The van der Waals surface area contributed by atoms with Gasteiger partial charge in [0, 0.05) is 12.1 Å². The highest BCUT2D eigenvalue weighted by molar-refractivity contribution is 7.80. The number of nitrogens with one attached hydrogen (secondary N) is 1. The Labute approximate surface area is 150 Å². The second kappa shape index (κ2) is 7.80. The number of amides is 2. The van der Waals surface area contributed by atoms with Crippen molar-refractivity contribution >= 4 is 35.2 Å². The molecule has 0 atom stereocenters. The number of methoxy groups -OCH3 is 3. The highest BCUT2D eigenvalue weighted by Crippen LogP contribution is 2.40. The topological polar surface area (TPSA) is 77.1 Å². The Morgan fingerprint density at radius 1 is 1.16 bits per heavy atom. The summed E-state index contributed by atoms with van der Waals surface area (Å²) < 4.78 is 15.9. The third kappa shape index (κ3) is 3.48. The maximum atomic E-state index is 12.6. The average molecular weight is 362 g/mol. The van der Waals surface area contributed by atoms with Gasteiger partial charge in [-0.15, -0.1) is 6.58 Å². The minimum absolute atomic E-state index is 0.0475. The van der Waals surface area contributed by atoms with E-state index in [9.17, 15) is 9.59 Å². The molecule has 2 rings (SSSR count). The Morgan fingerprint density at radius 3 is 2.40 bits per heavy atom. The van der Waals surface area contributed by atoms with E-state index in [2.05, 4.69) is 11.9 Å². The molecule has 0 spiro atoms. The number of benzene rings is 1. The molecule has 0 unspecified atom stereocenters. The van der Waals surface area contributed by atoms with Crippen molar-refractivity contribution in [1.29, 1.82) is 0 Å². The van der Waals surface area contributed by atoms with E-state index in [4.69, 9.17) is 26.4 Å². The molecule has 0 bridgehead atoms. The number of thiocarbonyl (C=S) groups is 1. The Balaban J connectivity index is 2.54. The minimum atomic E-state index is -0.577. The Morgan fingerprint density at radius 2 is 1.84 bits per heavy atom. The van der Waals surface area contributed by atoms with Crippen molar-refractivity contribution in [1.82, 2.24) is 10.2 Å². The van der Waals surface area contributed by atoms with Crippen LogP contribution in [0.5, 0.6) is 17.2 Å². The molecule has 0 radical (unpaired) electrons. The molecule has 1 aliphatic rings. The summed E-state index contributed by atoms with van der Waals surface area (Å²) in [6.45, 7) is 3.78. The molecule has 8 heteroatoms. The van der Waals surface area contributed by atoms with Crippen LogP contribution in [-0.2, 0) is 9.59 Å². The standard InChI is InChI=1S/C17H18N2O5S/c1-5-8-19-16(21)11(15(20)18-17(19)25)9-10-6-7-12(22-2)14(24-4)13(10)23-3/h5-7,9H,1,8H2,2-4H3,(H,18,20,25)/b11-9+. The molecule has 0 aliphatic carbocycles. The number of carbonyl (C=O) groups excluding carboxylic acids is 2. The van der Waals surface area contributed by atoms with E-state index >= 15 is 0 Å². The van der Waals surface area contributed by atoms with E-state index < -0.39 is 11.8 Å². The third-order valence-corrected chi connectivity index (χ3v) is 3.85. The molecule has 0 saturated carbocycles. The van der Waals surface area contributed by atoms with Gasteiger partial charge in [0.1, 0.15) is 5.57 Å². The average Bonchev–Trinajstić information content (AvgIpc) is 2.61. The van der Waals surface area contributed by atoms with E-state index in [0.717, 1.165) is 0 Å². The maximum Gasteiger partial charge on any atom is 0.265 e. The van der Waals surface area contributed by atoms with Crippen LogP contribution in [0.2, 0.25) is 0 Å². The maximum absolute atomic E-state index is 12.6. The van der Waals surface area contributed by atoms with Crippen LogP contribution in [0, 0.1) is 0 Å².